The molecular weight excluding hydrogens is 278 g/mol. The number of nitrogens with two attached hydrogens (primary N) is 1. The highest BCUT2D eigenvalue weighted by Crippen LogP contribution is 2.23. The van der Waals surface area contributed by atoms with E-state index >= 15 is 0 Å². The Labute approximate surface area is 135 Å². The van der Waals surface area contributed by atoms with E-state index in [1.165, 1.54) is 25.7 Å². The standard InChI is InChI=1S/C17H35N3O2/c1-14(13-18)19-11-12-20(16(21)22-17(2,3)4)15-9-7-5-6-8-10-15/h14-15,19H,5-13,18H2,1-4H3. The van der Waals surface area contributed by atoms with Crippen LogP contribution >= 0.6 is 0 Å². The number of hydrogen-bond donors (Lipinski definition) is 2. The average Bonchev–Trinajstić information content (AvgIpc) is 2.70. The fraction of sp³-hybridized carbons (Fsp3) is 0.941. The van der Waals surface area contributed by atoms with Gasteiger partial charge in [0.15, 0.2) is 0 Å². The van der Waals surface area contributed by atoms with Gasteiger partial charge in [-0.1, -0.05) is 25.7 Å². The first-order chi connectivity index (χ1) is 10.3. The van der Waals surface area contributed by atoms with Gasteiger partial charge in [-0.25, -0.2) is 4.79 Å². The Morgan fingerprint density at radius 2 is 1.86 bits per heavy atom. The topological polar surface area (TPSA) is 67.6 Å². The Morgan fingerprint density at radius 1 is 1.27 bits per heavy atom. The minimum Gasteiger partial charge on any atom is -0.444 e. The highest BCUT2D eigenvalue weighted by molar-refractivity contribution is 5.68. The maximum Gasteiger partial charge on any atom is 0.410 e. The molecule has 1 fully saturated rings. The molecule has 1 amide bonds. The average molecular weight is 313 g/mol. The monoisotopic (exact) mass is 313 g/mol. The normalized spacial score (nSPS) is 18.6. The van der Waals surface area contributed by atoms with Crippen LogP contribution in [0.5, 0.6) is 0 Å². The van der Waals surface area contributed by atoms with Crippen molar-refractivity contribution in [1.82, 2.24) is 10.2 Å². The Kier molecular flexibility index (Phi) is 8.18. The van der Waals surface area contributed by atoms with Crippen LogP contribution in [0, 0.1) is 0 Å². The van der Waals surface area contributed by atoms with E-state index in [1.54, 1.807) is 0 Å². The van der Waals surface area contributed by atoms with E-state index < -0.39 is 5.60 Å². The largest absolute Gasteiger partial charge is 0.444 e. The summed E-state index contributed by atoms with van der Waals surface area (Å²) in [6.07, 6.45) is 6.97. The molecule has 1 atom stereocenters. The summed E-state index contributed by atoms with van der Waals surface area (Å²) in [4.78, 5) is 14.5. The molecule has 1 unspecified atom stereocenters. The number of carbonyl (C=O) groups excluding carboxylic acids is 1. The molecule has 130 valence electrons. The maximum absolute atomic E-state index is 12.6. The first kappa shape index (κ1) is 19.2. The number of rotatable bonds is 6. The van der Waals surface area contributed by atoms with Crippen molar-refractivity contribution in [3.63, 3.8) is 0 Å². The van der Waals surface area contributed by atoms with Crippen LogP contribution in [-0.4, -0.2) is 48.3 Å². The van der Waals surface area contributed by atoms with Gasteiger partial charge in [0.25, 0.3) is 0 Å². The van der Waals surface area contributed by atoms with Crippen LogP contribution in [0.4, 0.5) is 4.79 Å². The lowest BCUT2D eigenvalue weighted by molar-refractivity contribution is 0.0146. The van der Waals surface area contributed by atoms with Crippen LogP contribution in [0.25, 0.3) is 0 Å². The van der Waals surface area contributed by atoms with Crippen LogP contribution in [0.1, 0.15) is 66.2 Å². The van der Waals surface area contributed by atoms with Crippen molar-refractivity contribution in [3.8, 4) is 0 Å². The molecule has 1 aliphatic rings. The highest BCUT2D eigenvalue weighted by Gasteiger charge is 2.28. The van der Waals surface area contributed by atoms with Crippen molar-refractivity contribution in [1.29, 1.82) is 0 Å². The summed E-state index contributed by atoms with van der Waals surface area (Å²) in [5, 5.41) is 3.36. The van der Waals surface area contributed by atoms with Gasteiger partial charge in [-0.15, -0.1) is 0 Å². The second-order valence-electron chi connectivity index (χ2n) is 7.41. The Hall–Kier alpha value is -0.810. The Bertz CT molecular complexity index is 320. The van der Waals surface area contributed by atoms with Crippen molar-refractivity contribution in [2.24, 2.45) is 5.73 Å². The molecule has 0 spiro atoms. The van der Waals surface area contributed by atoms with Crippen LogP contribution < -0.4 is 11.1 Å². The van der Waals surface area contributed by atoms with Crippen LogP contribution in [0.15, 0.2) is 0 Å². The van der Waals surface area contributed by atoms with Gasteiger partial charge in [-0.05, 0) is 40.5 Å². The molecule has 0 aromatic heterocycles. The van der Waals surface area contributed by atoms with Gasteiger partial charge >= 0.3 is 6.09 Å². The summed E-state index contributed by atoms with van der Waals surface area (Å²) in [7, 11) is 0. The van der Waals surface area contributed by atoms with E-state index in [4.69, 9.17) is 10.5 Å². The zero-order valence-electron chi connectivity index (χ0n) is 14.9. The smallest absolute Gasteiger partial charge is 0.410 e. The zero-order valence-corrected chi connectivity index (χ0v) is 14.9. The van der Waals surface area contributed by atoms with E-state index in [9.17, 15) is 4.79 Å². The van der Waals surface area contributed by atoms with E-state index in [1.807, 2.05) is 25.7 Å². The summed E-state index contributed by atoms with van der Waals surface area (Å²) in [6.45, 7) is 9.87. The predicted octanol–water partition coefficient (Wildman–Crippen LogP) is 2.88. The van der Waals surface area contributed by atoms with Crippen molar-refractivity contribution in [2.45, 2.75) is 83.9 Å². The number of carbonyl (C=O) groups is 1. The van der Waals surface area contributed by atoms with Crippen LogP contribution in [0.2, 0.25) is 0 Å². The van der Waals surface area contributed by atoms with E-state index in [0.29, 0.717) is 19.1 Å². The van der Waals surface area contributed by atoms with Gasteiger partial charge < -0.3 is 20.7 Å². The predicted molar refractivity (Wildman–Crippen MR) is 90.9 cm³/mol. The molecule has 0 aromatic rings. The molecule has 1 saturated carbocycles. The lowest BCUT2D eigenvalue weighted by Crippen LogP contribution is -2.47. The van der Waals surface area contributed by atoms with Gasteiger partial charge in [-0.2, -0.15) is 0 Å². The third kappa shape index (κ3) is 7.45. The maximum atomic E-state index is 12.6. The number of hydrogen-bond acceptors (Lipinski definition) is 4. The minimum atomic E-state index is -0.446. The van der Waals surface area contributed by atoms with Crippen molar-refractivity contribution < 1.29 is 9.53 Å². The summed E-state index contributed by atoms with van der Waals surface area (Å²) in [5.41, 5.74) is 5.18. The Morgan fingerprint density at radius 3 is 2.36 bits per heavy atom. The zero-order chi connectivity index (χ0) is 16.6. The van der Waals surface area contributed by atoms with Gasteiger partial charge in [0, 0.05) is 31.7 Å². The molecule has 0 aliphatic heterocycles. The van der Waals surface area contributed by atoms with Gasteiger partial charge in [0.05, 0.1) is 0 Å². The molecule has 1 aliphatic carbocycles. The number of amides is 1. The van der Waals surface area contributed by atoms with E-state index in [0.717, 1.165) is 19.4 Å². The number of ether oxygens (including phenoxy) is 1. The van der Waals surface area contributed by atoms with Gasteiger partial charge in [-0.3, -0.25) is 0 Å². The SMILES string of the molecule is CC(CN)NCCN(C(=O)OC(C)(C)C)C1CCCCCC1. The van der Waals surface area contributed by atoms with Crippen molar-refractivity contribution in [2.75, 3.05) is 19.6 Å². The molecule has 5 nitrogen and oxygen atoms in total. The van der Waals surface area contributed by atoms with Crippen molar-refractivity contribution >= 4 is 6.09 Å². The quantitative estimate of drug-likeness (QED) is 0.740. The third-order valence-corrected chi connectivity index (χ3v) is 4.09. The molecule has 0 saturated heterocycles. The molecule has 0 bridgehead atoms. The molecule has 0 aromatic carbocycles. The van der Waals surface area contributed by atoms with Gasteiger partial charge in [0.2, 0.25) is 0 Å². The summed E-state index contributed by atoms with van der Waals surface area (Å²) < 4.78 is 5.61. The summed E-state index contributed by atoms with van der Waals surface area (Å²) >= 11 is 0. The molecule has 5 heteroatoms. The summed E-state index contributed by atoms with van der Waals surface area (Å²) in [5.74, 6) is 0. The first-order valence-corrected chi connectivity index (χ1v) is 8.76. The highest BCUT2D eigenvalue weighted by atomic mass is 16.6. The second-order valence-corrected chi connectivity index (χ2v) is 7.41. The van der Waals surface area contributed by atoms with Crippen molar-refractivity contribution in [3.05, 3.63) is 0 Å². The lowest BCUT2D eigenvalue weighted by atomic mass is 10.1. The molecule has 0 radical (unpaired) electrons. The minimum absolute atomic E-state index is 0.179. The van der Waals surface area contributed by atoms with E-state index in [2.05, 4.69) is 12.2 Å². The number of nitrogens with one attached hydrogen (secondary N) is 1. The van der Waals surface area contributed by atoms with Gasteiger partial charge in [0.1, 0.15) is 5.60 Å². The molecule has 0 heterocycles. The summed E-state index contributed by atoms with van der Waals surface area (Å²) in [6, 6.07) is 0.585. The third-order valence-electron chi connectivity index (χ3n) is 4.09. The molecule has 1 rings (SSSR count). The fourth-order valence-electron chi connectivity index (χ4n) is 2.83. The Balaban J connectivity index is 2.64. The van der Waals surface area contributed by atoms with Crippen LogP contribution in [0.3, 0.4) is 0 Å². The molecular formula is C17H35N3O2. The first-order valence-electron chi connectivity index (χ1n) is 8.76. The fourth-order valence-corrected chi connectivity index (χ4v) is 2.83. The molecule has 3 N–H and O–H groups in total. The van der Waals surface area contributed by atoms with Crippen LogP contribution in [-0.2, 0) is 4.74 Å². The molecule has 22 heavy (non-hydrogen) atoms. The lowest BCUT2D eigenvalue weighted by Gasteiger charge is -2.33. The van der Waals surface area contributed by atoms with E-state index in [-0.39, 0.29) is 12.1 Å². The second kappa shape index (κ2) is 9.36. The number of nitrogens with zero attached hydrogens (tertiary/aromatic N) is 1.